The van der Waals surface area contributed by atoms with Crippen molar-refractivity contribution < 1.29 is 4.79 Å². The number of piperidine rings is 1. The molecule has 2 fully saturated rings. The first-order chi connectivity index (χ1) is 10.3. The number of likely N-dealkylation sites (tertiary alicyclic amines) is 1. The number of nitrogens with zero attached hydrogens (tertiary/aromatic N) is 1. The number of rotatable bonds is 3. The molecular formula is C16H24N4O. The van der Waals surface area contributed by atoms with Crippen molar-refractivity contribution in [1.29, 1.82) is 0 Å². The van der Waals surface area contributed by atoms with Crippen LogP contribution in [0, 0.1) is 5.92 Å². The molecule has 0 saturated carbocycles. The minimum absolute atomic E-state index is 0.0746. The second kappa shape index (κ2) is 6.56. The van der Waals surface area contributed by atoms with Gasteiger partial charge >= 0.3 is 0 Å². The molecule has 1 aromatic rings. The highest BCUT2D eigenvalue weighted by Gasteiger charge is 2.36. The number of amides is 1. The topological polar surface area (TPSA) is 70.4 Å². The maximum atomic E-state index is 11.7. The monoisotopic (exact) mass is 288 g/mol. The van der Waals surface area contributed by atoms with E-state index < -0.39 is 0 Å². The van der Waals surface area contributed by atoms with Crippen LogP contribution in [0.25, 0.3) is 0 Å². The van der Waals surface area contributed by atoms with E-state index >= 15 is 0 Å². The Morgan fingerprint density at radius 2 is 1.95 bits per heavy atom. The van der Waals surface area contributed by atoms with Crippen LogP contribution in [-0.4, -0.2) is 43.0 Å². The molecule has 0 bridgehead atoms. The number of carbonyl (C=O) groups excluding carboxylic acids is 1. The molecule has 2 saturated heterocycles. The van der Waals surface area contributed by atoms with Gasteiger partial charge in [-0.2, -0.15) is 0 Å². The molecule has 4 N–H and O–H groups in total. The number of benzene rings is 1. The van der Waals surface area contributed by atoms with Gasteiger partial charge in [-0.05, 0) is 24.3 Å². The Morgan fingerprint density at radius 3 is 2.62 bits per heavy atom. The summed E-state index contributed by atoms with van der Waals surface area (Å²) in [6.07, 6.45) is 2.10. The smallest absolute Gasteiger partial charge is 0.236 e. The predicted octanol–water partition coefficient (Wildman–Crippen LogP) is 0.444. The molecule has 0 aliphatic carbocycles. The molecule has 2 unspecified atom stereocenters. The van der Waals surface area contributed by atoms with Crippen molar-refractivity contribution >= 4 is 5.91 Å². The van der Waals surface area contributed by atoms with Crippen molar-refractivity contribution in [2.75, 3.05) is 26.2 Å². The number of nitrogens with two attached hydrogens (primary N) is 1. The summed E-state index contributed by atoms with van der Waals surface area (Å²) < 4.78 is 0. The second-order valence-electron chi connectivity index (χ2n) is 5.99. The molecule has 0 aromatic heterocycles. The number of hydrogen-bond acceptors (Lipinski definition) is 4. The maximum Gasteiger partial charge on any atom is 0.236 e. The van der Waals surface area contributed by atoms with Gasteiger partial charge in [-0.3, -0.25) is 15.6 Å². The Morgan fingerprint density at radius 1 is 1.24 bits per heavy atom. The van der Waals surface area contributed by atoms with E-state index in [1.54, 1.807) is 0 Å². The van der Waals surface area contributed by atoms with Crippen LogP contribution in [0.3, 0.4) is 0 Å². The van der Waals surface area contributed by atoms with Gasteiger partial charge in [0.2, 0.25) is 5.91 Å². The number of hydrogen-bond donors (Lipinski definition) is 3. The van der Waals surface area contributed by atoms with Crippen LogP contribution in [-0.2, 0) is 4.79 Å². The van der Waals surface area contributed by atoms with Crippen LogP contribution in [0.2, 0.25) is 0 Å². The van der Waals surface area contributed by atoms with E-state index in [2.05, 4.69) is 41.2 Å². The van der Waals surface area contributed by atoms with Gasteiger partial charge < -0.3 is 10.6 Å². The van der Waals surface area contributed by atoms with Gasteiger partial charge in [-0.1, -0.05) is 30.3 Å². The highest BCUT2D eigenvalue weighted by molar-refractivity contribution is 5.78. The van der Waals surface area contributed by atoms with Crippen molar-refractivity contribution in [2.45, 2.75) is 24.8 Å². The van der Waals surface area contributed by atoms with Gasteiger partial charge in [0.05, 0.1) is 6.54 Å². The fourth-order valence-electron chi connectivity index (χ4n) is 3.62. The summed E-state index contributed by atoms with van der Waals surface area (Å²) in [4.78, 5) is 13.6. The van der Waals surface area contributed by atoms with Gasteiger partial charge in [0.25, 0.3) is 0 Å². The molecule has 2 heterocycles. The molecule has 1 amide bonds. The second-order valence-corrected chi connectivity index (χ2v) is 5.99. The Hall–Kier alpha value is -1.43. The first kappa shape index (κ1) is 14.5. The molecule has 0 spiro atoms. The van der Waals surface area contributed by atoms with Gasteiger partial charge in [-0.15, -0.1) is 0 Å². The zero-order valence-corrected chi connectivity index (χ0v) is 12.3. The molecule has 5 nitrogen and oxygen atoms in total. The number of nitrogens with one attached hydrogen (secondary N) is 2. The third-order valence-corrected chi connectivity index (χ3v) is 4.83. The summed E-state index contributed by atoms with van der Waals surface area (Å²) >= 11 is 0. The van der Waals surface area contributed by atoms with Gasteiger partial charge in [0, 0.05) is 31.6 Å². The summed E-state index contributed by atoms with van der Waals surface area (Å²) in [5.41, 5.74) is 13.6. The van der Waals surface area contributed by atoms with E-state index in [0.29, 0.717) is 17.9 Å². The van der Waals surface area contributed by atoms with Crippen LogP contribution >= 0.6 is 0 Å². The van der Waals surface area contributed by atoms with Crippen molar-refractivity contribution in [3.8, 4) is 0 Å². The van der Waals surface area contributed by atoms with Crippen LogP contribution in [0.4, 0.5) is 0 Å². The molecule has 5 heteroatoms. The normalized spacial score (nSPS) is 27.0. The molecule has 21 heavy (non-hydrogen) atoms. The van der Waals surface area contributed by atoms with E-state index in [0.717, 1.165) is 32.5 Å². The third-order valence-electron chi connectivity index (χ3n) is 4.83. The fourth-order valence-corrected chi connectivity index (χ4v) is 3.62. The molecule has 1 aromatic carbocycles. The summed E-state index contributed by atoms with van der Waals surface area (Å²) in [5, 5.41) is 0. The summed E-state index contributed by atoms with van der Waals surface area (Å²) in [5.74, 6) is 1.19. The highest BCUT2D eigenvalue weighted by Crippen LogP contribution is 2.32. The molecule has 3 rings (SSSR count). The molecular weight excluding hydrogens is 264 g/mol. The number of carbonyl (C=O) groups is 1. The Kier molecular flexibility index (Phi) is 4.53. The summed E-state index contributed by atoms with van der Waals surface area (Å²) in [6, 6.07) is 11.1. The fraction of sp³-hybridized carbons (Fsp3) is 0.562. The highest BCUT2D eigenvalue weighted by atomic mass is 16.2. The van der Waals surface area contributed by atoms with Gasteiger partial charge in [0.15, 0.2) is 0 Å². The number of hydrazine groups is 1. The Balaban J connectivity index is 1.63. The lowest BCUT2D eigenvalue weighted by Crippen LogP contribution is -2.47. The quantitative estimate of drug-likeness (QED) is 0.755. The summed E-state index contributed by atoms with van der Waals surface area (Å²) in [7, 11) is 0. The van der Waals surface area contributed by atoms with Crippen molar-refractivity contribution in [2.24, 2.45) is 11.7 Å². The molecule has 2 aliphatic heterocycles. The van der Waals surface area contributed by atoms with Gasteiger partial charge in [0.1, 0.15) is 0 Å². The van der Waals surface area contributed by atoms with Crippen molar-refractivity contribution in [3.05, 3.63) is 35.9 Å². The Bertz CT molecular complexity index is 470. The zero-order chi connectivity index (χ0) is 14.7. The van der Waals surface area contributed by atoms with Crippen LogP contribution in [0.5, 0.6) is 0 Å². The van der Waals surface area contributed by atoms with Crippen LogP contribution in [0.15, 0.2) is 30.3 Å². The van der Waals surface area contributed by atoms with E-state index in [-0.39, 0.29) is 12.5 Å². The predicted molar refractivity (Wildman–Crippen MR) is 82.5 cm³/mol. The third kappa shape index (κ3) is 3.10. The summed E-state index contributed by atoms with van der Waals surface area (Å²) in [6.45, 7) is 2.76. The molecule has 0 radical (unpaired) electrons. The first-order valence-corrected chi connectivity index (χ1v) is 7.80. The van der Waals surface area contributed by atoms with E-state index in [4.69, 9.17) is 5.73 Å². The lowest BCUT2D eigenvalue weighted by atomic mass is 9.80. The van der Waals surface area contributed by atoms with E-state index in [1.165, 1.54) is 5.56 Å². The minimum atomic E-state index is 0.0746. The molecule has 2 aliphatic rings. The Labute approximate surface area is 125 Å². The lowest BCUT2D eigenvalue weighted by molar-refractivity contribution is -0.131. The SMILES string of the molecule is NCC(=O)N1CCC(C2NNCC2c2ccccc2)CC1. The lowest BCUT2D eigenvalue weighted by Gasteiger charge is -2.36. The maximum absolute atomic E-state index is 11.7. The average Bonchev–Trinajstić information content (AvgIpc) is 3.04. The average molecular weight is 288 g/mol. The molecule has 114 valence electrons. The van der Waals surface area contributed by atoms with Crippen molar-refractivity contribution in [1.82, 2.24) is 15.8 Å². The molecule has 2 atom stereocenters. The van der Waals surface area contributed by atoms with Gasteiger partial charge in [-0.25, -0.2) is 0 Å². The zero-order valence-electron chi connectivity index (χ0n) is 12.3. The minimum Gasteiger partial charge on any atom is -0.342 e. The standard InChI is InChI=1S/C16H24N4O/c17-10-15(21)20-8-6-13(7-9-20)16-14(11-18-19-16)12-4-2-1-3-5-12/h1-5,13-14,16,18-19H,6-11,17H2. The largest absolute Gasteiger partial charge is 0.342 e. The van der Waals surface area contributed by atoms with Crippen molar-refractivity contribution in [3.63, 3.8) is 0 Å². The van der Waals surface area contributed by atoms with E-state index in [1.807, 2.05) is 4.90 Å². The van der Waals surface area contributed by atoms with E-state index in [9.17, 15) is 4.79 Å². The van der Waals surface area contributed by atoms with Crippen LogP contribution < -0.4 is 16.6 Å². The van der Waals surface area contributed by atoms with Crippen LogP contribution in [0.1, 0.15) is 24.3 Å². The first-order valence-electron chi connectivity index (χ1n) is 7.80.